The number of rotatable bonds is 5. The average molecular weight is 390 g/mol. The molecule has 0 N–H and O–H groups in total. The number of fused-ring (bicyclic) bond motifs is 1. The molecule has 9 heteroatoms. The molecule has 0 unspecified atom stereocenters. The van der Waals surface area contributed by atoms with Crippen molar-refractivity contribution >= 4 is 0 Å². The van der Waals surface area contributed by atoms with Gasteiger partial charge in [0.2, 0.25) is 0 Å². The molecule has 1 aliphatic rings. The normalized spacial score (nSPS) is 12.7. The molecule has 0 saturated heterocycles. The summed E-state index contributed by atoms with van der Waals surface area (Å²) >= 11 is 0. The summed E-state index contributed by atoms with van der Waals surface area (Å²) in [5.74, 6) is 3.51. The van der Waals surface area contributed by atoms with Crippen LogP contribution >= 0.6 is 0 Å². The predicted octanol–water partition coefficient (Wildman–Crippen LogP) is 2.35. The molecule has 0 aliphatic carbocycles. The topological polar surface area (TPSA) is 89.1 Å². The zero-order valence-corrected chi connectivity index (χ0v) is 15.7. The van der Waals surface area contributed by atoms with Gasteiger partial charge in [-0.25, -0.2) is 19.6 Å². The van der Waals surface area contributed by atoms with Gasteiger partial charge in [0.15, 0.2) is 17.3 Å². The zero-order valence-electron chi connectivity index (χ0n) is 15.7. The quantitative estimate of drug-likeness (QED) is 0.517. The minimum Gasteiger partial charge on any atom is -0.496 e. The molecule has 0 saturated carbocycles. The number of hydrogen-bond acceptors (Lipinski definition) is 7. The fraction of sp³-hybridized carbons (Fsp3) is 0.200. The van der Waals surface area contributed by atoms with Crippen LogP contribution < -0.4 is 14.2 Å². The molecule has 1 aromatic carbocycles. The summed E-state index contributed by atoms with van der Waals surface area (Å²) in [6.45, 7) is 1.59. The van der Waals surface area contributed by atoms with Gasteiger partial charge >= 0.3 is 0 Å². The first-order chi connectivity index (χ1) is 14.3. The largest absolute Gasteiger partial charge is 0.496 e. The van der Waals surface area contributed by atoms with E-state index in [1.54, 1.807) is 30.5 Å². The van der Waals surface area contributed by atoms with E-state index in [0.717, 1.165) is 22.8 Å². The van der Waals surface area contributed by atoms with E-state index in [1.807, 2.05) is 35.0 Å². The molecule has 3 aromatic heterocycles. The van der Waals surface area contributed by atoms with Gasteiger partial charge in [0.25, 0.3) is 0 Å². The second-order valence-electron chi connectivity index (χ2n) is 6.40. The minimum absolute atomic E-state index is 0.518. The molecule has 5 rings (SSSR count). The molecular formula is C20H18N6O3. The first kappa shape index (κ1) is 17.2. The highest BCUT2D eigenvalue weighted by Gasteiger charge is 2.20. The van der Waals surface area contributed by atoms with Gasteiger partial charge in [-0.05, 0) is 12.1 Å². The maximum Gasteiger partial charge on any atom is 0.165 e. The van der Waals surface area contributed by atoms with Gasteiger partial charge in [0.05, 0.1) is 19.2 Å². The molecule has 0 atom stereocenters. The minimum atomic E-state index is 0.518. The molecule has 0 spiro atoms. The van der Waals surface area contributed by atoms with E-state index < -0.39 is 0 Å². The first-order valence-corrected chi connectivity index (χ1v) is 9.11. The molecule has 0 bridgehead atoms. The molecule has 0 fully saturated rings. The molecule has 0 amide bonds. The van der Waals surface area contributed by atoms with Crippen molar-refractivity contribution in [1.82, 2.24) is 29.3 Å². The average Bonchev–Trinajstić information content (AvgIpc) is 3.45. The van der Waals surface area contributed by atoms with Crippen molar-refractivity contribution < 1.29 is 14.2 Å². The van der Waals surface area contributed by atoms with Crippen LogP contribution in [0.4, 0.5) is 0 Å². The summed E-state index contributed by atoms with van der Waals surface area (Å²) in [5.41, 5.74) is 1.81. The van der Waals surface area contributed by atoms with E-state index in [0.29, 0.717) is 37.0 Å². The van der Waals surface area contributed by atoms with E-state index >= 15 is 0 Å². The summed E-state index contributed by atoms with van der Waals surface area (Å²) in [5, 5.41) is 4.20. The smallest absolute Gasteiger partial charge is 0.165 e. The van der Waals surface area contributed by atoms with Crippen LogP contribution in [0.25, 0.3) is 17.2 Å². The summed E-state index contributed by atoms with van der Waals surface area (Å²) in [7, 11) is 1.63. The lowest BCUT2D eigenvalue weighted by atomic mass is 10.1. The predicted molar refractivity (Wildman–Crippen MR) is 103 cm³/mol. The van der Waals surface area contributed by atoms with Gasteiger partial charge in [0.1, 0.15) is 37.4 Å². The summed E-state index contributed by atoms with van der Waals surface area (Å²) in [4.78, 5) is 13.0. The van der Waals surface area contributed by atoms with Crippen LogP contribution in [-0.4, -0.2) is 49.6 Å². The Hall–Kier alpha value is -3.88. The molecule has 0 radical (unpaired) electrons. The second-order valence-corrected chi connectivity index (χ2v) is 6.40. The van der Waals surface area contributed by atoms with Gasteiger partial charge in [-0.3, -0.25) is 0 Å². The molecular weight excluding hydrogens is 372 g/mol. The number of hydrogen-bond donors (Lipinski definition) is 0. The lowest BCUT2D eigenvalue weighted by molar-refractivity contribution is 0.171. The Balaban J connectivity index is 1.55. The van der Waals surface area contributed by atoms with Crippen molar-refractivity contribution in [2.75, 3.05) is 20.3 Å². The van der Waals surface area contributed by atoms with Crippen LogP contribution in [0.5, 0.6) is 17.2 Å². The highest BCUT2D eigenvalue weighted by atomic mass is 16.6. The van der Waals surface area contributed by atoms with Crippen LogP contribution in [0.15, 0.2) is 55.5 Å². The summed E-state index contributed by atoms with van der Waals surface area (Å²) < 4.78 is 20.7. The lowest BCUT2D eigenvalue weighted by Gasteiger charge is -2.21. The van der Waals surface area contributed by atoms with Crippen molar-refractivity contribution in [3.8, 4) is 34.5 Å². The van der Waals surface area contributed by atoms with Gasteiger partial charge in [-0.2, -0.15) is 5.10 Å². The molecule has 146 valence electrons. The number of pyridine rings is 1. The maximum absolute atomic E-state index is 5.74. The third-order valence-corrected chi connectivity index (χ3v) is 4.66. The number of nitrogens with zero attached hydrogens (tertiary/aromatic N) is 6. The van der Waals surface area contributed by atoms with Gasteiger partial charge in [-0.15, -0.1) is 0 Å². The fourth-order valence-electron chi connectivity index (χ4n) is 3.36. The molecule has 9 nitrogen and oxygen atoms in total. The number of benzene rings is 1. The van der Waals surface area contributed by atoms with E-state index in [2.05, 4.69) is 20.1 Å². The summed E-state index contributed by atoms with van der Waals surface area (Å²) in [6, 6.07) is 7.66. The highest BCUT2D eigenvalue weighted by Crippen LogP contribution is 2.41. The molecule has 4 aromatic rings. The number of imidazole rings is 1. The zero-order chi connectivity index (χ0) is 19.6. The van der Waals surface area contributed by atoms with Crippen LogP contribution in [-0.2, 0) is 6.54 Å². The Labute approximate surface area is 166 Å². The molecule has 29 heavy (non-hydrogen) atoms. The first-order valence-electron chi connectivity index (χ1n) is 9.11. The third kappa shape index (κ3) is 3.16. The second kappa shape index (κ2) is 7.27. The van der Waals surface area contributed by atoms with Crippen LogP contribution in [0, 0.1) is 0 Å². The van der Waals surface area contributed by atoms with E-state index in [9.17, 15) is 0 Å². The highest BCUT2D eigenvalue weighted by molar-refractivity contribution is 5.70. The fourth-order valence-corrected chi connectivity index (χ4v) is 3.36. The van der Waals surface area contributed by atoms with Crippen molar-refractivity contribution in [3.05, 3.63) is 61.1 Å². The number of methoxy groups -OCH3 is 1. The van der Waals surface area contributed by atoms with E-state index in [1.165, 1.54) is 6.33 Å². The standard InChI is InChI=1S/C20H18N6O3/c1-27-16-10-18-17(28-7-8-29-18)9-15(16)20-23-5-6-25(20)11-14-3-2-4-22-19(14)26-13-21-12-24-26/h2-6,9-10,12-13H,7-8,11H2,1H3. The Kier molecular flexibility index (Phi) is 4.32. The Morgan fingerprint density at radius 3 is 2.76 bits per heavy atom. The number of aromatic nitrogens is 6. The summed E-state index contributed by atoms with van der Waals surface area (Å²) in [6.07, 6.45) is 8.53. The van der Waals surface area contributed by atoms with Crippen molar-refractivity contribution in [3.63, 3.8) is 0 Å². The van der Waals surface area contributed by atoms with Crippen molar-refractivity contribution in [2.24, 2.45) is 0 Å². The monoisotopic (exact) mass is 390 g/mol. The van der Waals surface area contributed by atoms with Crippen LogP contribution in [0.1, 0.15) is 5.56 Å². The van der Waals surface area contributed by atoms with Gasteiger partial charge < -0.3 is 18.8 Å². The third-order valence-electron chi connectivity index (χ3n) is 4.66. The van der Waals surface area contributed by atoms with Crippen LogP contribution in [0.3, 0.4) is 0 Å². The Morgan fingerprint density at radius 2 is 1.97 bits per heavy atom. The SMILES string of the molecule is COc1cc2c(cc1-c1nccn1Cc1cccnc1-n1cncn1)OCCO2. The van der Waals surface area contributed by atoms with Gasteiger partial charge in [-0.1, -0.05) is 6.07 Å². The van der Waals surface area contributed by atoms with Crippen molar-refractivity contribution in [2.45, 2.75) is 6.54 Å². The Morgan fingerprint density at radius 1 is 1.10 bits per heavy atom. The lowest BCUT2D eigenvalue weighted by Crippen LogP contribution is -2.15. The van der Waals surface area contributed by atoms with Gasteiger partial charge in [0, 0.05) is 30.2 Å². The molecule has 4 heterocycles. The maximum atomic E-state index is 5.74. The van der Waals surface area contributed by atoms with E-state index in [4.69, 9.17) is 14.2 Å². The van der Waals surface area contributed by atoms with Crippen molar-refractivity contribution in [1.29, 1.82) is 0 Å². The molecule has 1 aliphatic heterocycles. The number of ether oxygens (including phenoxy) is 3. The van der Waals surface area contributed by atoms with E-state index in [-0.39, 0.29) is 0 Å². The Bertz CT molecular complexity index is 1140. The van der Waals surface area contributed by atoms with Crippen LogP contribution in [0.2, 0.25) is 0 Å².